The van der Waals surface area contributed by atoms with E-state index in [0.717, 1.165) is 0 Å². The predicted octanol–water partition coefficient (Wildman–Crippen LogP) is 2.64. The molecule has 0 aliphatic heterocycles. The molecule has 24 heavy (non-hydrogen) atoms. The smallest absolute Gasteiger partial charge is 0.344 e. The van der Waals surface area contributed by atoms with E-state index in [0.29, 0.717) is 0 Å². The van der Waals surface area contributed by atoms with E-state index in [4.69, 9.17) is 13.9 Å². The van der Waals surface area contributed by atoms with Crippen molar-refractivity contribution in [1.82, 2.24) is 0 Å². The normalized spacial score (nSPS) is 10.3. The van der Waals surface area contributed by atoms with Crippen molar-refractivity contribution in [2.24, 2.45) is 0 Å². The van der Waals surface area contributed by atoms with Crippen LogP contribution in [-0.4, -0.2) is 30.6 Å². The van der Waals surface area contributed by atoms with Gasteiger partial charge in [0.1, 0.15) is 0 Å². The largest absolute Gasteiger partial charge is 0.460 e. The van der Waals surface area contributed by atoms with E-state index in [2.05, 4.69) is 5.32 Å². The molecule has 0 unspecified atom stereocenters. The third kappa shape index (κ3) is 4.70. The second-order valence-corrected chi connectivity index (χ2v) is 5.09. The van der Waals surface area contributed by atoms with Gasteiger partial charge < -0.3 is 19.2 Å². The van der Waals surface area contributed by atoms with Crippen molar-refractivity contribution in [2.75, 3.05) is 11.9 Å². The quantitative estimate of drug-likeness (QED) is 0.818. The molecule has 0 aliphatic carbocycles. The van der Waals surface area contributed by atoms with Gasteiger partial charge in [-0.1, -0.05) is 12.1 Å². The zero-order chi connectivity index (χ0) is 17.5. The molecule has 0 saturated heterocycles. The van der Waals surface area contributed by atoms with Gasteiger partial charge in [0.15, 0.2) is 12.4 Å². The van der Waals surface area contributed by atoms with E-state index >= 15 is 0 Å². The molecule has 7 nitrogen and oxygen atoms in total. The maximum absolute atomic E-state index is 12.1. The first-order chi connectivity index (χ1) is 11.5. The summed E-state index contributed by atoms with van der Waals surface area (Å²) in [7, 11) is 0. The van der Waals surface area contributed by atoms with E-state index in [1.807, 2.05) is 0 Å². The Morgan fingerprint density at radius 1 is 1.12 bits per heavy atom. The van der Waals surface area contributed by atoms with Gasteiger partial charge in [0.25, 0.3) is 5.91 Å². The van der Waals surface area contributed by atoms with Crippen molar-refractivity contribution in [1.29, 1.82) is 0 Å². The molecule has 1 heterocycles. The fourth-order valence-electron chi connectivity index (χ4n) is 1.86. The lowest BCUT2D eigenvalue weighted by atomic mass is 10.1. The number of para-hydroxylation sites is 1. The zero-order valence-corrected chi connectivity index (χ0v) is 13.3. The highest BCUT2D eigenvalue weighted by Gasteiger charge is 2.18. The predicted molar refractivity (Wildman–Crippen MR) is 84.6 cm³/mol. The molecule has 0 saturated carbocycles. The summed E-state index contributed by atoms with van der Waals surface area (Å²) < 4.78 is 14.8. The van der Waals surface area contributed by atoms with Gasteiger partial charge in [-0.3, -0.25) is 4.79 Å². The van der Waals surface area contributed by atoms with Crippen molar-refractivity contribution in [3.63, 3.8) is 0 Å². The van der Waals surface area contributed by atoms with E-state index in [-0.39, 0.29) is 23.1 Å². The number of anilines is 1. The molecule has 0 spiro atoms. The standard InChI is InChI=1S/C17H17NO6/c1-11(2)24-15(19)10-23-17(21)12-6-3-4-7-13(12)18-16(20)14-8-5-9-22-14/h3-9,11H,10H2,1-2H3,(H,18,20). The molecular weight excluding hydrogens is 314 g/mol. The van der Waals surface area contributed by atoms with Gasteiger partial charge in [-0.15, -0.1) is 0 Å². The third-order valence-electron chi connectivity index (χ3n) is 2.83. The summed E-state index contributed by atoms with van der Waals surface area (Å²) in [5.74, 6) is -1.78. The molecule has 2 rings (SSSR count). The molecule has 1 N–H and O–H groups in total. The van der Waals surface area contributed by atoms with E-state index in [9.17, 15) is 14.4 Å². The van der Waals surface area contributed by atoms with Crippen LogP contribution in [0.5, 0.6) is 0 Å². The average Bonchev–Trinajstić information content (AvgIpc) is 3.07. The maximum atomic E-state index is 12.1. The Labute approximate surface area is 138 Å². The number of hydrogen-bond acceptors (Lipinski definition) is 6. The van der Waals surface area contributed by atoms with Crippen LogP contribution in [0.3, 0.4) is 0 Å². The molecule has 126 valence electrons. The average molecular weight is 331 g/mol. The van der Waals surface area contributed by atoms with Crippen molar-refractivity contribution in [3.8, 4) is 0 Å². The SMILES string of the molecule is CC(C)OC(=O)COC(=O)c1ccccc1NC(=O)c1ccco1. The molecule has 0 aliphatic rings. The summed E-state index contributed by atoms with van der Waals surface area (Å²) in [6.45, 7) is 2.88. The number of carbonyl (C=O) groups is 3. The van der Waals surface area contributed by atoms with Gasteiger partial charge >= 0.3 is 11.9 Å². The molecule has 0 atom stereocenters. The molecular formula is C17H17NO6. The van der Waals surface area contributed by atoms with Crippen molar-refractivity contribution >= 4 is 23.5 Å². The van der Waals surface area contributed by atoms with Crippen LogP contribution < -0.4 is 5.32 Å². The summed E-state index contributed by atoms with van der Waals surface area (Å²) in [5, 5.41) is 2.56. The summed E-state index contributed by atoms with van der Waals surface area (Å²) in [6.07, 6.45) is 1.08. The third-order valence-corrected chi connectivity index (χ3v) is 2.83. The molecule has 0 radical (unpaired) electrons. The Bertz CT molecular complexity index is 720. The van der Waals surface area contributed by atoms with Gasteiger partial charge in [-0.05, 0) is 38.1 Å². The molecule has 1 aromatic carbocycles. The van der Waals surface area contributed by atoms with Crippen LogP contribution in [0.2, 0.25) is 0 Å². The van der Waals surface area contributed by atoms with Crippen molar-refractivity contribution < 1.29 is 28.3 Å². The fourth-order valence-corrected chi connectivity index (χ4v) is 1.86. The molecule has 7 heteroatoms. The number of esters is 2. The minimum Gasteiger partial charge on any atom is -0.460 e. The number of carbonyl (C=O) groups excluding carboxylic acids is 3. The van der Waals surface area contributed by atoms with Gasteiger partial charge in [0, 0.05) is 0 Å². The number of ether oxygens (including phenoxy) is 2. The van der Waals surface area contributed by atoms with Crippen LogP contribution in [0.25, 0.3) is 0 Å². The Hall–Kier alpha value is -3.09. The fraction of sp³-hybridized carbons (Fsp3) is 0.235. The lowest BCUT2D eigenvalue weighted by Gasteiger charge is -2.11. The van der Waals surface area contributed by atoms with Crippen LogP contribution in [0.1, 0.15) is 34.8 Å². The Kier molecular flexibility index (Phi) is 5.73. The highest BCUT2D eigenvalue weighted by Crippen LogP contribution is 2.17. The van der Waals surface area contributed by atoms with Crippen LogP contribution in [0.4, 0.5) is 5.69 Å². The summed E-state index contributed by atoms with van der Waals surface area (Å²) >= 11 is 0. The van der Waals surface area contributed by atoms with Gasteiger partial charge in [0.2, 0.25) is 0 Å². The van der Waals surface area contributed by atoms with Gasteiger partial charge in [-0.2, -0.15) is 0 Å². The van der Waals surface area contributed by atoms with Crippen molar-refractivity contribution in [3.05, 3.63) is 54.0 Å². The van der Waals surface area contributed by atoms with E-state index < -0.39 is 24.5 Å². The van der Waals surface area contributed by atoms with Gasteiger partial charge in [-0.25, -0.2) is 9.59 Å². The lowest BCUT2D eigenvalue weighted by molar-refractivity contribution is -0.150. The second-order valence-electron chi connectivity index (χ2n) is 5.09. The topological polar surface area (TPSA) is 94.8 Å². The Morgan fingerprint density at radius 2 is 1.88 bits per heavy atom. The summed E-state index contributed by atoms with van der Waals surface area (Å²) in [6, 6.07) is 9.37. The maximum Gasteiger partial charge on any atom is 0.344 e. The molecule has 1 aromatic heterocycles. The van der Waals surface area contributed by atoms with Crippen molar-refractivity contribution in [2.45, 2.75) is 20.0 Å². The second kappa shape index (κ2) is 7.96. The van der Waals surface area contributed by atoms with E-state index in [1.165, 1.54) is 18.4 Å². The lowest BCUT2D eigenvalue weighted by Crippen LogP contribution is -2.21. The highest BCUT2D eigenvalue weighted by molar-refractivity contribution is 6.06. The van der Waals surface area contributed by atoms with Crippen LogP contribution in [0.15, 0.2) is 47.1 Å². The number of nitrogens with one attached hydrogen (secondary N) is 1. The monoisotopic (exact) mass is 331 g/mol. The number of hydrogen-bond donors (Lipinski definition) is 1. The molecule has 0 fully saturated rings. The molecule has 0 bridgehead atoms. The Balaban J connectivity index is 2.03. The Morgan fingerprint density at radius 3 is 2.54 bits per heavy atom. The first-order valence-electron chi connectivity index (χ1n) is 7.28. The first kappa shape index (κ1) is 17.3. The minimum atomic E-state index is -0.744. The van der Waals surface area contributed by atoms with Crippen LogP contribution in [-0.2, 0) is 14.3 Å². The summed E-state index contributed by atoms with van der Waals surface area (Å²) in [4.78, 5) is 35.6. The molecule has 1 amide bonds. The zero-order valence-electron chi connectivity index (χ0n) is 13.3. The number of rotatable bonds is 6. The van der Waals surface area contributed by atoms with E-state index in [1.54, 1.807) is 38.1 Å². The van der Waals surface area contributed by atoms with Crippen LogP contribution in [0, 0.1) is 0 Å². The number of benzene rings is 1. The minimum absolute atomic E-state index is 0.110. The first-order valence-corrected chi connectivity index (χ1v) is 7.28. The molecule has 2 aromatic rings. The summed E-state index contributed by atoms with van der Waals surface area (Å²) in [5.41, 5.74) is 0.371. The highest BCUT2D eigenvalue weighted by atomic mass is 16.6. The number of furan rings is 1. The van der Waals surface area contributed by atoms with Gasteiger partial charge in [0.05, 0.1) is 23.6 Å². The number of amides is 1. The van der Waals surface area contributed by atoms with Crippen LogP contribution >= 0.6 is 0 Å².